The highest BCUT2D eigenvalue weighted by Gasteiger charge is 2.23. The van der Waals surface area contributed by atoms with E-state index in [1.54, 1.807) is 23.1 Å². The molecule has 1 amide bonds. The summed E-state index contributed by atoms with van der Waals surface area (Å²) in [4.78, 5) is 24.5. The fourth-order valence-electron chi connectivity index (χ4n) is 2.12. The van der Waals surface area contributed by atoms with Gasteiger partial charge in [-0.2, -0.15) is 0 Å². The summed E-state index contributed by atoms with van der Waals surface area (Å²) in [5.74, 6) is -0.862. The number of hydrogen-bond donors (Lipinski definition) is 2. The molecule has 0 fully saturated rings. The van der Waals surface area contributed by atoms with Crippen LogP contribution < -0.4 is 5.73 Å². The summed E-state index contributed by atoms with van der Waals surface area (Å²) in [5.41, 5.74) is 7.60. The molecular formula is C13H16N2O3. The summed E-state index contributed by atoms with van der Waals surface area (Å²) in [6.07, 6.45) is 1.14. The van der Waals surface area contributed by atoms with Crippen LogP contribution in [0.2, 0.25) is 0 Å². The first-order valence-electron chi connectivity index (χ1n) is 5.94. The van der Waals surface area contributed by atoms with E-state index in [9.17, 15) is 9.59 Å². The minimum Gasteiger partial charge on any atom is -0.478 e. The Hall–Kier alpha value is -1.88. The number of carbonyl (C=O) groups excluding carboxylic acids is 1. The number of nitrogens with zero attached hydrogens (tertiary/aromatic N) is 1. The number of rotatable bonds is 4. The highest BCUT2D eigenvalue weighted by atomic mass is 16.4. The lowest BCUT2D eigenvalue weighted by Gasteiger charge is -2.14. The van der Waals surface area contributed by atoms with E-state index in [0.717, 1.165) is 11.1 Å². The van der Waals surface area contributed by atoms with Gasteiger partial charge in [0.1, 0.15) is 0 Å². The molecule has 0 radical (unpaired) electrons. The number of amides is 1. The fraction of sp³-hybridized carbons (Fsp3) is 0.385. The van der Waals surface area contributed by atoms with Gasteiger partial charge < -0.3 is 15.7 Å². The zero-order valence-corrected chi connectivity index (χ0v) is 10.1. The summed E-state index contributed by atoms with van der Waals surface area (Å²) in [6, 6.07) is 5.01. The van der Waals surface area contributed by atoms with Crippen LogP contribution in [0.15, 0.2) is 18.2 Å². The smallest absolute Gasteiger partial charge is 0.335 e. The van der Waals surface area contributed by atoms with Crippen LogP contribution in [0, 0.1) is 0 Å². The zero-order chi connectivity index (χ0) is 13.1. The lowest BCUT2D eigenvalue weighted by Crippen LogP contribution is -2.25. The van der Waals surface area contributed by atoms with E-state index in [0.29, 0.717) is 32.5 Å². The van der Waals surface area contributed by atoms with E-state index in [1.165, 1.54) is 0 Å². The quantitative estimate of drug-likeness (QED) is 0.831. The average molecular weight is 248 g/mol. The van der Waals surface area contributed by atoms with Crippen molar-refractivity contribution in [3.63, 3.8) is 0 Å². The van der Waals surface area contributed by atoms with Gasteiger partial charge in [0.05, 0.1) is 5.56 Å². The van der Waals surface area contributed by atoms with Crippen molar-refractivity contribution in [2.24, 2.45) is 5.73 Å². The number of nitrogens with two attached hydrogens (primary N) is 1. The summed E-state index contributed by atoms with van der Waals surface area (Å²) in [7, 11) is 0. The molecule has 1 aliphatic heterocycles. The Kier molecular flexibility index (Phi) is 3.62. The molecule has 18 heavy (non-hydrogen) atoms. The summed E-state index contributed by atoms with van der Waals surface area (Å²) >= 11 is 0. The van der Waals surface area contributed by atoms with Crippen LogP contribution in [0.1, 0.15) is 34.3 Å². The van der Waals surface area contributed by atoms with Crippen LogP contribution in [0.25, 0.3) is 0 Å². The molecule has 1 aromatic rings. The monoisotopic (exact) mass is 248 g/mol. The largest absolute Gasteiger partial charge is 0.478 e. The number of hydrogen-bond acceptors (Lipinski definition) is 3. The number of benzene rings is 1. The van der Waals surface area contributed by atoms with Gasteiger partial charge in [-0.1, -0.05) is 6.07 Å². The Labute approximate surface area is 105 Å². The number of fused-ring (bicyclic) bond motifs is 1. The van der Waals surface area contributed by atoms with Crippen LogP contribution in [-0.4, -0.2) is 28.4 Å². The van der Waals surface area contributed by atoms with Gasteiger partial charge in [0.15, 0.2) is 0 Å². The van der Waals surface area contributed by atoms with E-state index < -0.39 is 5.97 Å². The van der Waals surface area contributed by atoms with Crippen molar-refractivity contribution in [1.29, 1.82) is 0 Å². The molecule has 3 N–H and O–H groups in total. The molecule has 1 aromatic carbocycles. The minimum atomic E-state index is -0.939. The molecule has 2 rings (SSSR count). The number of aromatic carboxylic acids is 1. The number of carbonyl (C=O) groups is 2. The van der Waals surface area contributed by atoms with E-state index in [1.807, 2.05) is 0 Å². The standard InChI is InChI=1S/C13H16N2O3/c14-5-1-2-12(16)15-7-10-4-3-9(13(17)18)6-11(10)8-15/h3-4,6H,1-2,5,7-8,14H2,(H,17,18). The molecule has 5 nitrogen and oxygen atoms in total. The maximum Gasteiger partial charge on any atom is 0.335 e. The van der Waals surface area contributed by atoms with Gasteiger partial charge in [0.25, 0.3) is 0 Å². The van der Waals surface area contributed by atoms with Crippen LogP contribution in [0.4, 0.5) is 0 Å². The van der Waals surface area contributed by atoms with E-state index in [4.69, 9.17) is 10.8 Å². The third-order valence-corrected chi connectivity index (χ3v) is 3.12. The van der Waals surface area contributed by atoms with Crippen molar-refractivity contribution in [1.82, 2.24) is 4.90 Å². The van der Waals surface area contributed by atoms with Crippen LogP contribution >= 0.6 is 0 Å². The highest BCUT2D eigenvalue weighted by molar-refractivity contribution is 5.88. The third-order valence-electron chi connectivity index (χ3n) is 3.12. The minimum absolute atomic E-state index is 0.0773. The third kappa shape index (κ3) is 2.51. The van der Waals surface area contributed by atoms with Gasteiger partial charge in [0.2, 0.25) is 5.91 Å². The lowest BCUT2D eigenvalue weighted by molar-refractivity contribution is -0.131. The summed E-state index contributed by atoms with van der Waals surface area (Å²) in [5, 5.41) is 8.91. The van der Waals surface area contributed by atoms with E-state index >= 15 is 0 Å². The SMILES string of the molecule is NCCCC(=O)N1Cc2ccc(C(=O)O)cc2C1. The highest BCUT2D eigenvalue weighted by Crippen LogP contribution is 2.24. The second-order valence-electron chi connectivity index (χ2n) is 4.43. The van der Waals surface area contributed by atoms with Crippen molar-refractivity contribution >= 4 is 11.9 Å². The van der Waals surface area contributed by atoms with Crippen molar-refractivity contribution in [3.8, 4) is 0 Å². The lowest BCUT2D eigenvalue weighted by atomic mass is 10.1. The molecule has 0 bridgehead atoms. The summed E-state index contributed by atoms with van der Waals surface area (Å²) in [6.45, 7) is 1.58. The van der Waals surface area contributed by atoms with Gasteiger partial charge in [-0.05, 0) is 36.2 Å². The normalized spacial score (nSPS) is 13.5. The van der Waals surface area contributed by atoms with Crippen LogP contribution in [0.5, 0.6) is 0 Å². The molecular weight excluding hydrogens is 232 g/mol. The van der Waals surface area contributed by atoms with Crippen molar-refractivity contribution in [2.45, 2.75) is 25.9 Å². The average Bonchev–Trinajstić information content (AvgIpc) is 2.78. The topological polar surface area (TPSA) is 83.6 Å². The Bertz CT molecular complexity index is 485. The predicted molar refractivity (Wildman–Crippen MR) is 65.9 cm³/mol. The van der Waals surface area contributed by atoms with Gasteiger partial charge >= 0.3 is 5.97 Å². The molecule has 0 unspecified atom stereocenters. The van der Waals surface area contributed by atoms with Crippen molar-refractivity contribution in [3.05, 3.63) is 34.9 Å². The Morgan fingerprint density at radius 3 is 2.67 bits per heavy atom. The Balaban J connectivity index is 2.08. The van der Waals surface area contributed by atoms with Gasteiger partial charge in [-0.25, -0.2) is 4.79 Å². The molecule has 0 saturated heterocycles. The Morgan fingerprint density at radius 2 is 2.00 bits per heavy atom. The maximum atomic E-state index is 11.8. The molecule has 0 aromatic heterocycles. The maximum absolute atomic E-state index is 11.8. The molecule has 0 spiro atoms. The molecule has 1 aliphatic rings. The second-order valence-corrected chi connectivity index (χ2v) is 4.43. The second kappa shape index (κ2) is 5.18. The fourth-order valence-corrected chi connectivity index (χ4v) is 2.12. The van der Waals surface area contributed by atoms with Crippen LogP contribution in [-0.2, 0) is 17.9 Å². The zero-order valence-electron chi connectivity index (χ0n) is 10.1. The number of carboxylic acids is 1. The molecule has 1 heterocycles. The number of carboxylic acid groups (broad SMARTS) is 1. The van der Waals surface area contributed by atoms with Gasteiger partial charge in [-0.3, -0.25) is 4.79 Å². The summed E-state index contributed by atoms with van der Waals surface area (Å²) < 4.78 is 0. The first-order valence-corrected chi connectivity index (χ1v) is 5.94. The molecule has 5 heteroatoms. The molecule has 0 saturated carbocycles. The van der Waals surface area contributed by atoms with Gasteiger partial charge in [-0.15, -0.1) is 0 Å². The van der Waals surface area contributed by atoms with E-state index in [-0.39, 0.29) is 11.5 Å². The Morgan fingerprint density at radius 1 is 1.28 bits per heavy atom. The predicted octanol–water partition coefficient (Wildman–Crippen LogP) is 0.966. The first kappa shape index (κ1) is 12.6. The van der Waals surface area contributed by atoms with Crippen molar-refractivity contribution < 1.29 is 14.7 Å². The molecule has 0 aliphatic carbocycles. The first-order chi connectivity index (χ1) is 8.61. The van der Waals surface area contributed by atoms with Gasteiger partial charge in [0, 0.05) is 19.5 Å². The van der Waals surface area contributed by atoms with Crippen molar-refractivity contribution in [2.75, 3.05) is 6.54 Å². The molecule has 0 atom stereocenters. The molecule has 96 valence electrons. The van der Waals surface area contributed by atoms with E-state index in [2.05, 4.69) is 0 Å². The van der Waals surface area contributed by atoms with Crippen LogP contribution in [0.3, 0.4) is 0 Å².